The van der Waals surface area contributed by atoms with Crippen LogP contribution in [0.5, 0.6) is 17.2 Å². The molecule has 0 aromatic heterocycles. The second kappa shape index (κ2) is 9.36. The molecule has 0 bridgehead atoms. The average Bonchev–Trinajstić information content (AvgIpc) is 2.61. The van der Waals surface area contributed by atoms with Crippen LogP contribution in [0, 0.1) is 24.0 Å². The average molecular weight is 387 g/mol. The Hall–Kier alpha value is -3.62. The fraction of sp³-hybridized carbons (Fsp3) is 0.263. The number of amides is 1. The lowest BCUT2D eigenvalue weighted by Crippen LogP contribution is -2.24. The lowest BCUT2D eigenvalue weighted by atomic mass is 10.1. The van der Waals surface area contributed by atoms with E-state index in [2.05, 4.69) is 10.5 Å². The number of nitrogens with one attached hydrogen (secondary N) is 1. The van der Waals surface area contributed by atoms with Gasteiger partial charge in [-0.05, 0) is 50.1 Å². The molecule has 0 unspecified atom stereocenters. The predicted octanol–water partition coefficient (Wildman–Crippen LogP) is 2.85. The highest BCUT2D eigenvalue weighted by Gasteiger charge is 2.19. The van der Waals surface area contributed by atoms with Gasteiger partial charge in [0.25, 0.3) is 5.91 Å². The number of nitrogens with zero attached hydrogens (tertiary/aromatic N) is 2. The van der Waals surface area contributed by atoms with Crippen molar-refractivity contribution in [2.75, 3.05) is 13.2 Å². The van der Waals surface area contributed by atoms with Crippen molar-refractivity contribution < 1.29 is 24.3 Å². The van der Waals surface area contributed by atoms with Crippen LogP contribution in [-0.4, -0.2) is 35.4 Å². The number of aryl methyl sites for hydroxylation is 2. The van der Waals surface area contributed by atoms with Gasteiger partial charge in [0.2, 0.25) is 5.75 Å². The molecular weight excluding hydrogens is 366 g/mol. The van der Waals surface area contributed by atoms with Crippen molar-refractivity contribution in [3.05, 3.63) is 57.1 Å². The first-order valence-corrected chi connectivity index (χ1v) is 8.47. The van der Waals surface area contributed by atoms with Gasteiger partial charge in [-0.3, -0.25) is 14.9 Å². The van der Waals surface area contributed by atoms with Gasteiger partial charge in [-0.25, -0.2) is 5.43 Å². The van der Waals surface area contributed by atoms with E-state index in [1.807, 2.05) is 32.0 Å². The van der Waals surface area contributed by atoms with Crippen LogP contribution in [0.15, 0.2) is 35.4 Å². The maximum atomic E-state index is 11.9. The van der Waals surface area contributed by atoms with Crippen LogP contribution in [0.3, 0.4) is 0 Å². The summed E-state index contributed by atoms with van der Waals surface area (Å²) >= 11 is 0. The number of hydrazone groups is 1. The van der Waals surface area contributed by atoms with Gasteiger partial charge in [-0.2, -0.15) is 5.10 Å². The van der Waals surface area contributed by atoms with Crippen LogP contribution in [0.25, 0.3) is 0 Å². The van der Waals surface area contributed by atoms with Gasteiger partial charge in [0.05, 0.1) is 17.7 Å². The molecule has 2 aromatic carbocycles. The summed E-state index contributed by atoms with van der Waals surface area (Å²) in [5.41, 5.74) is 4.08. The van der Waals surface area contributed by atoms with Gasteiger partial charge < -0.3 is 14.6 Å². The number of hydrogen-bond donors (Lipinski definition) is 2. The van der Waals surface area contributed by atoms with Gasteiger partial charge in [-0.15, -0.1) is 0 Å². The van der Waals surface area contributed by atoms with E-state index < -0.39 is 22.3 Å². The van der Waals surface area contributed by atoms with Gasteiger partial charge in [0, 0.05) is 11.6 Å². The Labute approximate surface area is 161 Å². The molecule has 1 amide bonds. The van der Waals surface area contributed by atoms with Crippen molar-refractivity contribution in [2.45, 2.75) is 20.8 Å². The van der Waals surface area contributed by atoms with Crippen LogP contribution in [0.4, 0.5) is 5.69 Å². The molecule has 0 aliphatic rings. The zero-order valence-corrected chi connectivity index (χ0v) is 15.8. The number of carbonyl (C=O) groups is 1. The Morgan fingerprint density at radius 2 is 1.89 bits per heavy atom. The minimum absolute atomic E-state index is 0.0392. The van der Waals surface area contributed by atoms with Crippen molar-refractivity contribution >= 4 is 17.8 Å². The summed E-state index contributed by atoms with van der Waals surface area (Å²) in [4.78, 5) is 22.2. The Bertz CT molecular complexity index is 891. The largest absolute Gasteiger partial charge is 0.500 e. The first-order chi connectivity index (χ1) is 13.3. The molecule has 0 heterocycles. The SMILES string of the molecule is CCOc1cc(/C=N/NC(=O)COc2cc(C)cc(C)c2)cc([N+](=O)[O-])c1O. The smallest absolute Gasteiger partial charge is 0.315 e. The molecule has 0 spiro atoms. The highest BCUT2D eigenvalue weighted by molar-refractivity contribution is 5.85. The molecule has 2 N–H and O–H groups in total. The molecular formula is C19H21N3O6. The summed E-state index contributed by atoms with van der Waals surface area (Å²) in [6, 6.07) is 8.13. The molecule has 9 nitrogen and oxygen atoms in total. The van der Waals surface area contributed by atoms with Gasteiger partial charge in [0.1, 0.15) is 5.75 Å². The van der Waals surface area contributed by atoms with E-state index in [9.17, 15) is 20.0 Å². The molecule has 28 heavy (non-hydrogen) atoms. The van der Waals surface area contributed by atoms with E-state index in [4.69, 9.17) is 9.47 Å². The molecule has 0 saturated heterocycles. The maximum absolute atomic E-state index is 11.9. The maximum Gasteiger partial charge on any atom is 0.315 e. The quantitative estimate of drug-likeness (QED) is 0.408. The topological polar surface area (TPSA) is 123 Å². The normalized spacial score (nSPS) is 10.7. The Balaban J connectivity index is 2.01. The third kappa shape index (κ3) is 5.70. The van der Waals surface area contributed by atoms with Crippen molar-refractivity contribution in [1.29, 1.82) is 0 Å². The second-order valence-electron chi connectivity index (χ2n) is 5.98. The van der Waals surface area contributed by atoms with Crippen molar-refractivity contribution in [3.8, 4) is 17.2 Å². The number of phenols is 1. The van der Waals surface area contributed by atoms with E-state index in [1.54, 1.807) is 6.92 Å². The number of nitro groups is 1. The molecule has 2 aromatic rings. The van der Waals surface area contributed by atoms with E-state index in [1.165, 1.54) is 12.3 Å². The summed E-state index contributed by atoms with van der Waals surface area (Å²) in [5.74, 6) is -0.515. The summed E-state index contributed by atoms with van der Waals surface area (Å²) in [6.45, 7) is 5.52. The van der Waals surface area contributed by atoms with E-state index in [-0.39, 0.29) is 24.5 Å². The molecule has 0 fully saturated rings. The molecule has 0 aliphatic carbocycles. The number of benzene rings is 2. The first kappa shape index (κ1) is 20.7. The monoisotopic (exact) mass is 387 g/mol. The zero-order valence-electron chi connectivity index (χ0n) is 15.8. The number of nitro benzene ring substituents is 1. The summed E-state index contributed by atoms with van der Waals surface area (Å²) in [7, 11) is 0. The van der Waals surface area contributed by atoms with Crippen molar-refractivity contribution in [1.82, 2.24) is 5.43 Å². The molecule has 9 heteroatoms. The van der Waals surface area contributed by atoms with Gasteiger partial charge in [-0.1, -0.05) is 6.07 Å². The van der Waals surface area contributed by atoms with E-state index in [0.717, 1.165) is 17.2 Å². The highest BCUT2D eigenvalue weighted by Crippen LogP contribution is 2.36. The first-order valence-electron chi connectivity index (χ1n) is 8.47. The lowest BCUT2D eigenvalue weighted by Gasteiger charge is -2.08. The molecule has 148 valence electrons. The van der Waals surface area contributed by atoms with Crippen molar-refractivity contribution in [3.63, 3.8) is 0 Å². The molecule has 0 radical (unpaired) electrons. The van der Waals surface area contributed by atoms with Crippen LogP contribution in [0.1, 0.15) is 23.6 Å². The minimum Gasteiger partial charge on any atom is -0.500 e. The number of aromatic hydroxyl groups is 1. The Morgan fingerprint density at radius 3 is 2.50 bits per heavy atom. The highest BCUT2D eigenvalue weighted by atomic mass is 16.6. The van der Waals surface area contributed by atoms with Gasteiger partial charge >= 0.3 is 5.69 Å². The molecule has 0 aliphatic heterocycles. The van der Waals surface area contributed by atoms with Crippen LogP contribution in [0.2, 0.25) is 0 Å². The summed E-state index contributed by atoms with van der Waals surface area (Å²) < 4.78 is 10.6. The predicted molar refractivity (Wildman–Crippen MR) is 103 cm³/mol. The number of phenolic OH excluding ortho intramolecular Hbond substituents is 1. The standard InChI is InChI=1S/C19H21N3O6/c1-4-27-17-9-14(8-16(19(17)24)22(25)26)10-20-21-18(23)11-28-15-6-12(2)5-13(3)7-15/h5-10,24H,4,11H2,1-3H3,(H,21,23)/b20-10+. The third-order valence-electron chi connectivity index (χ3n) is 3.54. The summed E-state index contributed by atoms with van der Waals surface area (Å²) in [5, 5.41) is 24.6. The number of hydrogen-bond acceptors (Lipinski definition) is 7. The lowest BCUT2D eigenvalue weighted by molar-refractivity contribution is -0.386. The fourth-order valence-electron chi connectivity index (χ4n) is 2.47. The van der Waals surface area contributed by atoms with E-state index in [0.29, 0.717) is 5.75 Å². The van der Waals surface area contributed by atoms with Crippen LogP contribution >= 0.6 is 0 Å². The Morgan fingerprint density at radius 1 is 1.21 bits per heavy atom. The molecule has 0 saturated carbocycles. The number of ether oxygens (including phenoxy) is 2. The molecule has 2 rings (SSSR count). The van der Waals surface area contributed by atoms with Crippen LogP contribution in [-0.2, 0) is 4.79 Å². The van der Waals surface area contributed by atoms with E-state index >= 15 is 0 Å². The van der Waals surface area contributed by atoms with Crippen molar-refractivity contribution in [2.24, 2.45) is 5.10 Å². The van der Waals surface area contributed by atoms with Gasteiger partial charge in [0.15, 0.2) is 12.4 Å². The fourth-order valence-corrected chi connectivity index (χ4v) is 2.47. The zero-order chi connectivity index (χ0) is 20.7. The Kier molecular flexibility index (Phi) is 6.91. The number of carbonyl (C=O) groups excluding carboxylic acids is 1. The third-order valence-corrected chi connectivity index (χ3v) is 3.54. The minimum atomic E-state index is -0.731. The van der Waals surface area contributed by atoms with Crippen LogP contribution < -0.4 is 14.9 Å². The second-order valence-corrected chi connectivity index (χ2v) is 5.98. The molecule has 0 atom stereocenters. The number of rotatable bonds is 8. The summed E-state index contributed by atoms with van der Waals surface area (Å²) in [6.07, 6.45) is 1.21.